The molecule has 0 aliphatic heterocycles. The fraction of sp³-hybridized carbons (Fsp3) is 0.300. The molecule has 1 atom stereocenters. The van der Waals surface area contributed by atoms with Gasteiger partial charge in [0.1, 0.15) is 5.82 Å². The van der Waals surface area contributed by atoms with Crippen molar-refractivity contribution in [3.8, 4) is 0 Å². The normalized spacial score (nSPS) is 12.3. The highest BCUT2D eigenvalue weighted by Gasteiger charge is 2.12. The second kappa shape index (κ2) is 4.86. The molecule has 0 heterocycles. The molecule has 0 bridgehead atoms. The van der Waals surface area contributed by atoms with Crippen LogP contribution in [-0.2, 0) is 11.2 Å². The molecule has 1 rings (SSSR count). The van der Waals surface area contributed by atoms with Gasteiger partial charge in [0.05, 0.1) is 6.04 Å². The average Bonchev–Trinajstić information content (AvgIpc) is 2.22. The first-order chi connectivity index (χ1) is 7.04. The monoisotopic (exact) mass is 211 g/mol. The Morgan fingerprint density at radius 3 is 2.80 bits per heavy atom. The van der Waals surface area contributed by atoms with Crippen LogP contribution in [0.3, 0.4) is 0 Å². The molecule has 0 radical (unpaired) electrons. The molecule has 1 amide bonds. The Morgan fingerprint density at radius 2 is 2.27 bits per heavy atom. The topological polar surface area (TPSA) is 81.1 Å². The highest BCUT2D eigenvalue weighted by Crippen LogP contribution is 2.10. The first-order valence-electron chi connectivity index (χ1n) is 4.55. The van der Waals surface area contributed by atoms with Gasteiger partial charge in [0, 0.05) is 0 Å². The molecule has 1 unspecified atom stereocenters. The van der Waals surface area contributed by atoms with Crippen molar-refractivity contribution in [3.63, 3.8) is 0 Å². The van der Waals surface area contributed by atoms with E-state index in [1.165, 1.54) is 6.07 Å². The van der Waals surface area contributed by atoms with Gasteiger partial charge in [-0.15, -0.1) is 0 Å². The zero-order chi connectivity index (χ0) is 11.4. The van der Waals surface area contributed by atoms with Crippen LogP contribution in [0.2, 0.25) is 0 Å². The summed E-state index contributed by atoms with van der Waals surface area (Å²) in [5.41, 5.74) is 8.88. The first kappa shape index (κ1) is 11.6. The average molecular weight is 211 g/mol. The number of halogens is 1. The Kier molecular flexibility index (Phi) is 3.76. The van der Waals surface area contributed by atoms with Gasteiger partial charge in [-0.25, -0.2) is 10.2 Å². The molecular formula is C10H14FN3O. The van der Waals surface area contributed by atoms with E-state index in [1.54, 1.807) is 19.1 Å². The molecule has 0 aromatic heterocycles. The van der Waals surface area contributed by atoms with E-state index in [9.17, 15) is 9.18 Å². The lowest BCUT2D eigenvalue weighted by atomic mass is 10.0. The third-order valence-corrected chi connectivity index (χ3v) is 2.16. The summed E-state index contributed by atoms with van der Waals surface area (Å²) in [4.78, 5) is 11.0. The van der Waals surface area contributed by atoms with Crippen LogP contribution in [0.5, 0.6) is 0 Å². The number of rotatable bonds is 3. The van der Waals surface area contributed by atoms with Gasteiger partial charge in [0.15, 0.2) is 0 Å². The van der Waals surface area contributed by atoms with Crippen molar-refractivity contribution >= 4 is 5.91 Å². The van der Waals surface area contributed by atoms with Crippen molar-refractivity contribution in [1.82, 2.24) is 5.43 Å². The smallest absolute Gasteiger partial charge is 0.251 e. The Bertz CT molecular complexity index is 368. The van der Waals surface area contributed by atoms with Crippen LogP contribution in [0.4, 0.5) is 4.39 Å². The lowest BCUT2D eigenvalue weighted by Gasteiger charge is -2.10. The summed E-state index contributed by atoms with van der Waals surface area (Å²) in [5, 5.41) is 0. The summed E-state index contributed by atoms with van der Waals surface area (Å²) in [6.45, 7) is 1.66. The van der Waals surface area contributed by atoms with E-state index in [0.29, 0.717) is 12.0 Å². The van der Waals surface area contributed by atoms with Crippen LogP contribution >= 0.6 is 0 Å². The van der Waals surface area contributed by atoms with E-state index in [4.69, 9.17) is 11.6 Å². The quantitative estimate of drug-likeness (QED) is 0.374. The molecule has 5 heteroatoms. The summed E-state index contributed by atoms with van der Waals surface area (Å²) < 4.78 is 12.9. The van der Waals surface area contributed by atoms with Gasteiger partial charge in [-0.05, 0) is 30.5 Å². The number of hydrogen-bond acceptors (Lipinski definition) is 3. The van der Waals surface area contributed by atoms with Crippen LogP contribution in [0.25, 0.3) is 0 Å². The van der Waals surface area contributed by atoms with Crippen molar-refractivity contribution in [2.24, 2.45) is 11.6 Å². The van der Waals surface area contributed by atoms with Crippen LogP contribution in [0.1, 0.15) is 11.1 Å². The second-order valence-corrected chi connectivity index (χ2v) is 3.40. The number of amides is 1. The maximum absolute atomic E-state index is 12.9. The molecule has 1 aromatic rings. The molecule has 5 N–H and O–H groups in total. The Morgan fingerprint density at radius 1 is 1.60 bits per heavy atom. The van der Waals surface area contributed by atoms with Crippen LogP contribution in [-0.4, -0.2) is 11.9 Å². The van der Waals surface area contributed by atoms with E-state index in [2.05, 4.69) is 0 Å². The predicted molar refractivity (Wildman–Crippen MR) is 55.1 cm³/mol. The van der Waals surface area contributed by atoms with Gasteiger partial charge in [-0.1, -0.05) is 12.1 Å². The fourth-order valence-electron chi connectivity index (χ4n) is 1.29. The number of carbonyl (C=O) groups is 1. The number of nitrogens with one attached hydrogen (secondary N) is 1. The number of hydrazine groups is 1. The van der Waals surface area contributed by atoms with Crippen molar-refractivity contribution in [3.05, 3.63) is 35.1 Å². The number of hydrogen-bond donors (Lipinski definition) is 3. The number of nitrogens with two attached hydrogens (primary N) is 2. The molecule has 0 fully saturated rings. The molecule has 4 nitrogen and oxygen atoms in total. The molecule has 82 valence electrons. The Balaban J connectivity index is 2.73. The molecule has 0 saturated carbocycles. The van der Waals surface area contributed by atoms with Crippen molar-refractivity contribution < 1.29 is 9.18 Å². The van der Waals surface area contributed by atoms with Crippen molar-refractivity contribution in [2.75, 3.05) is 0 Å². The van der Waals surface area contributed by atoms with E-state index in [-0.39, 0.29) is 5.82 Å². The molecule has 0 aliphatic rings. The van der Waals surface area contributed by atoms with Gasteiger partial charge in [-0.3, -0.25) is 10.2 Å². The van der Waals surface area contributed by atoms with E-state index in [0.717, 1.165) is 5.56 Å². The van der Waals surface area contributed by atoms with Gasteiger partial charge in [-0.2, -0.15) is 0 Å². The van der Waals surface area contributed by atoms with E-state index in [1.807, 2.05) is 5.43 Å². The van der Waals surface area contributed by atoms with Crippen molar-refractivity contribution in [2.45, 2.75) is 19.4 Å². The molecular weight excluding hydrogens is 197 g/mol. The largest absolute Gasteiger partial charge is 0.320 e. The molecule has 0 spiro atoms. The zero-order valence-electron chi connectivity index (χ0n) is 8.46. The summed E-state index contributed by atoms with van der Waals surface area (Å²) >= 11 is 0. The Labute approximate surface area is 87.4 Å². The van der Waals surface area contributed by atoms with Gasteiger partial charge < -0.3 is 5.73 Å². The summed E-state index contributed by atoms with van der Waals surface area (Å²) in [6.07, 6.45) is 0.337. The maximum Gasteiger partial charge on any atom is 0.251 e. The molecule has 1 aromatic carbocycles. The van der Waals surface area contributed by atoms with Gasteiger partial charge in [0.25, 0.3) is 5.91 Å². The minimum atomic E-state index is -0.708. The highest BCUT2D eigenvalue weighted by molar-refractivity contribution is 5.81. The summed E-state index contributed by atoms with van der Waals surface area (Å²) in [5.74, 6) is 4.24. The number of aryl methyl sites for hydroxylation is 1. The SMILES string of the molecule is Cc1cc(CC(N)C(=O)NN)ccc1F. The van der Waals surface area contributed by atoms with Crippen LogP contribution < -0.4 is 17.0 Å². The fourth-order valence-corrected chi connectivity index (χ4v) is 1.29. The molecule has 0 saturated heterocycles. The second-order valence-electron chi connectivity index (χ2n) is 3.40. The highest BCUT2D eigenvalue weighted by atomic mass is 19.1. The predicted octanol–water partition coefficient (Wildman–Crippen LogP) is -0.00618. The third-order valence-electron chi connectivity index (χ3n) is 2.16. The molecule has 15 heavy (non-hydrogen) atoms. The van der Waals surface area contributed by atoms with Gasteiger partial charge >= 0.3 is 0 Å². The third kappa shape index (κ3) is 3.00. The van der Waals surface area contributed by atoms with Crippen LogP contribution in [0, 0.1) is 12.7 Å². The standard InChI is InChI=1S/C10H14FN3O/c1-6-4-7(2-3-8(6)11)5-9(12)10(15)14-13/h2-4,9H,5,12-13H2,1H3,(H,14,15). The maximum atomic E-state index is 12.9. The molecule has 0 aliphatic carbocycles. The minimum absolute atomic E-state index is 0.268. The number of carbonyl (C=O) groups excluding carboxylic acids is 1. The Hall–Kier alpha value is -1.46. The first-order valence-corrected chi connectivity index (χ1v) is 4.55. The lowest BCUT2D eigenvalue weighted by molar-refractivity contribution is -0.122. The minimum Gasteiger partial charge on any atom is -0.320 e. The summed E-state index contributed by atoms with van der Waals surface area (Å²) in [7, 11) is 0. The lowest BCUT2D eigenvalue weighted by Crippen LogP contribution is -2.45. The van der Waals surface area contributed by atoms with E-state index < -0.39 is 11.9 Å². The summed E-state index contributed by atoms with van der Waals surface area (Å²) in [6, 6.07) is 3.92. The van der Waals surface area contributed by atoms with E-state index >= 15 is 0 Å². The zero-order valence-corrected chi connectivity index (χ0v) is 8.46. The number of benzene rings is 1. The van der Waals surface area contributed by atoms with Gasteiger partial charge in [0.2, 0.25) is 0 Å². The van der Waals surface area contributed by atoms with Crippen LogP contribution in [0.15, 0.2) is 18.2 Å². The van der Waals surface area contributed by atoms with Crippen molar-refractivity contribution in [1.29, 1.82) is 0 Å².